The molecule has 1 aromatic carbocycles. The standard InChI is InChI=1S/C22H24N4O3S2/c1-29-15-7-5-14(6-8-15)16(25-9-3-2-4-10-25)11-26-13-23-18-19-22(30-12-17(27)24-19)31-20(18)21(26)28/h5-8,13,16H,2-4,9-12H2,1H3,(H,24,27)/t16-/m1/s1. The number of hydrogen-bond donors (Lipinski definition) is 1. The van der Waals surface area contributed by atoms with Crippen LogP contribution in [-0.2, 0) is 11.3 Å². The van der Waals surface area contributed by atoms with Crippen LogP contribution in [0.4, 0.5) is 5.69 Å². The van der Waals surface area contributed by atoms with Crippen molar-refractivity contribution in [1.82, 2.24) is 14.5 Å². The summed E-state index contributed by atoms with van der Waals surface area (Å²) in [6.07, 6.45) is 5.23. The number of hydrogen-bond acceptors (Lipinski definition) is 7. The van der Waals surface area contributed by atoms with Gasteiger partial charge in [0.05, 0.1) is 35.1 Å². The van der Waals surface area contributed by atoms with E-state index in [1.54, 1.807) is 18.0 Å². The van der Waals surface area contributed by atoms with Crippen molar-refractivity contribution in [2.45, 2.75) is 36.1 Å². The van der Waals surface area contributed by atoms with Crippen molar-refractivity contribution in [3.8, 4) is 5.75 Å². The molecular formula is C22H24N4O3S2. The van der Waals surface area contributed by atoms with E-state index < -0.39 is 0 Å². The third-order valence-electron chi connectivity index (χ3n) is 5.93. The zero-order valence-corrected chi connectivity index (χ0v) is 18.9. The molecule has 2 aromatic heterocycles. The molecule has 0 unspecified atom stereocenters. The minimum absolute atomic E-state index is 0.0465. The van der Waals surface area contributed by atoms with Gasteiger partial charge in [0, 0.05) is 6.54 Å². The fourth-order valence-corrected chi connectivity index (χ4v) is 6.48. The molecule has 3 aromatic rings. The van der Waals surface area contributed by atoms with E-state index >= 15 is 0 Å². The molecule has 0 radical (unpaired) electrons. The predicted octanol–water partition coefficient (Wildman–Crippen LogP) is 3.74. The molecule has 4 heterocycles. The summed E-state index contributed by atoms with van der Waals surface area (Å²) in [6, 6.07) is 8.22. The number of rotatable bonds is 5. The number of ether oxygens (including phenoxy) is 1. The van der Waals surface area contributed by atoms with E-state index in [9.17, 15) is 9.59 Å². The highest BCUT2D eigenvalue weighted by Crippen LogP contribution is 2.42. The number of piperidine rings is 1. The molecule has 2 aliphatic rings. The van der Waals surface area contributed by atoms with Gasteiger partial charge in [-0.15, -0.1) is 23.1 Å². The van der Waals surface area contributed by atoms with Crippen LogP contribution >= 0.6 is 23.1 Å². The van der Waals surface area contributed by atoms with E-state index in [-0.39, 0.29) is 17.5 Å². The second-order valence-electron chi connectivity index (χ2n) is 7.87. The maximum atomic E-state index is 13.4. The third kappa shape index (κ3) is 3.97. The van der Waals surface area contributed by atoms with Crippen molar-refractivity contribution in [2.24, 2.45) is 0 Å². The SMILES string of the molecule is COc1ccc([C@@H](Cn2cnc3c4c(sc3c2=O)SCC(=O)N4)N2CCCCC2)cc1. The highest BCUT2D eigenvalue weighted by molar-refractivity contribution is 8.02. The largest absolute Gasteiger partial charge is 0.497 e. The smallest absolute Gasteiger partial charge is 0.271 e. The number of nitrogens with one attached hydrogen (secondary N) is 1. The minimum Gasteiger partial charge on any atom is -0.497 e. The number of nitrogens with zero attached hydrogens (tertiary/aromatic N) is 3. The van der Waals surface area contributed by atoms with Crippen LogP contribution in [0.3, 0.4) is 0 Å². The lowest BCUT2D eigenvalue weighted by molar-refractivity contribution is -0.113. The second-order valence-corrected chi connectivity index (χ2v) is 10.1. The van der Waals surface area contributed by atoms with Crippen molar-refractivity contribution >= 4 is 44.9 Å². The number of likely N-dealkylation sites (tertiary alicyclic amines) is 1. The highest BCUT2D eigenvalue weighted by Gasteiger charge is 2.26. The number of anilines is 1. The first-order valence-electron chi connectivity index (χ1n) is 10.5. The molecule has 162 valence electrons. The number of thioether (sulfide) groups is 1. The van der Waals surface area contributed by atoms with Crippen LogP contribution in [0.2, 0.25) is 0 Å². The monoisotopic (exact) mass is 456 g/mol. The van der Waals surface area contributed by atoms with Gasteiger partial charge in [0.1, 0.15) is 16.0 Å². The average molecular weight is 457 g/mol. The summed E-state index contributed by atoms with van der Waals surface area (Å²) in [5.74, 6) is 1.15. The maximum absolute atomic E-state index is 13.4. The summed E-state index contributed by atoms with van der Waals surface area (Å²) in [5, 5.41) is 2.88. The van der Waals surface area contributed by atoms with Gasteiger partial charge in [-0.1, -0.05) is 18.6 Å². The van der Waals surface area contributed by atoms with Gasteiger partial charge in [-0.05, 0) is 43.6 Å². The van der Waals surface area contributed by atoms with Crippen molar-refractivity contribution in [2.75, 3.05) is 31.3 Å². The Morgan fingerprint density at radius 2 is 1.94 bits per heavy atom. The van der Waals surface area contributed by atoms with Crippen molar-refractivity contribution < 1.29 is 9.53 Å². The molecule has 31 heavy (non-hydrogen) atoms. The molecule has 2 aliphatic heterocycles. The number of thiophene rings is 1. The van der Waals surface area contributed by atoms with Crippen LogP contribution in [0.25, 0.3) is 10.2 Å². The maximum Gasteiger partial charge on any atom is 0.271 e. The summed E-state index contributed by atoms with van der Waals surface area (Å²) in [5.41, 5.74) is 2.41. The molecule has 1 atom stereocenters. The van der Waals surface area contributed by atoms with E-state index in [1.807, 2.05) is 12.1 Å². The Kier molecular flexibility index (Phi) is 5.73. The summed E-state index contributed by atoms with van der Waals surface area (Å²) in [7, 11) is 1.67. The first-order chi connectivity index (χ1) is 15.1. The van der Waals surface area contributed by atoms with E-state index in [1.165, 1.54) is 47.9 Å². The zero-order valence-electron chi connectivity index (χ0n) is 17.3. The zero-order chi connectivity index (χ0) is 21.4. The number of carbonyl (C=O) groups excluding carboxylic acids is 1. The van der Waals surface area contributed by atoms with Crippen LogP contribution < -0.4 is 15.6 Å². The van der Waals surface area contributed by atoms with Crippen LogP contribution in [0.1, 0.15) is 30.9 Å². The van der Waals surface area contributed by atoms with E-state index in [2.05, 4.69) is 27.3 Å². The molecule has 9 heteroatoms. The average Bonchev–Trinajstić information content (AvgIpc) is 3.18. The molecule has 1 fully saturated rings. The number of amides is 1. The normalized spacial score (nSPS) is 17.9. The topological polar surface area (TPSA) is 76.5 Å². The molecule has 7 nitrogen and oxygen atoms in total. The number of fused-ring (bicyclic) bond motifs is 3. The van der Waals surface area contributed by atoms with Gasteiger partial charge in [0.15, 0.2) is 0 Å². The Labute approximate surface area is 188 Å². The summed E-state index contributed by atoms with van der Waals surface area (Å²) in [4.78, 5) is 32.2. The first-order valence-corrected chi connectivity index (χ1v) is 12.3. The lowest BCUT2D eigenvalue weighted by Gasteiger charge is -2.35. The molecule has 1 amide bonds. The Balaban J connectivity index is 1.51. The van der Waals surface area contributed by atoms with Gasteiger partial charge in [0.2, 0.25) is 5.91 Å². The summed E-state index contributed by atoms with van der Waals surface area (Å²) < 4.78 is 8.60. The molecule has 0 aliphatic carbocycles. The van der Waals surface area contributed by atoms with Crippen molar-refractivity contribution in [3.05, 3.63) is 46.5 Å². The molecule has 1 saturated heterocycles. The molecular weight excluding hydrogens is 432 g/mol. The van der Waals surface area contributed by atoms with E-state index in [0.717, 1.165) is 23.0 Å². The van der Waals surface area contributed by atoms with Crippen LogP contribution in [0, 0.1) is 0 Å². The first kappa shape index (κ1) is 20.5. The third-order valence-corrected chi connectivity index (χ3v) is 8.37. The lowest BCUT2D eigenvalue weighted by Crippen LogP contribution is -2.37. The van der Waals surface area contributed by atoms with E-state index in [0.29, 0.717) is 28.2 Å². The Bertz CT molecular complexity index is 1170. The Morgan fingerprint density at radius 1 is 1.16 bits per heavy atom. The molecule has 0 saturated carbocycles. The lowest BCUT2D eigenvalue weighted by atomic mass is 10.0. The van der Waals surface area contributed by atoms with Crippen molar-refractivity contribution in [3.63, 3.8) is 0 Å². The van der Waals surface area contributed by atoms with Gasteiger partial charge >= 0.3 is 0 Å². The summed E-state index contributed by atoms with van der Waals surface area (Å²) in [6.45, 7) is 2.59. The van der Waals surface area contributed by atoms with Crippen LogP contribution in [0.15, 0.2) is 39.6 Å². The van der Waals surface area contributed by atoms with Gasteiger partial charge in [-0.3, -0.25) is 19.1 Å². The van der Waals surface area contributed by atoms with Gasteiger partial charge in [-0.25, -0.2) is 4.98 Å². The number of benzene rings is 1. The fraction of sp³-hybridized carbons (Fsp3) is 0.409. The number of carbonyl (C=O) groups is 1. The van der Waals surface area contributed by atoms with Crippen molar-refractivity contribution in [1.29, 1.82) is 0 Å². The Hall–Kier alpha value is -2.36. The van der Waals surface area contributed by atoms with Crippen LogP contribution in [0.5, 0.6) is 5.75 Å². The van der Waals surface area contributed by atoms with Gasteiger partial charge in [0.25, 0.3) is 5.56 Å². The number of aromatic nitrogens is 2. The molecule has 0 spiro atoms. The van der Waals surface area contributed by atoms with Crippen LogP contribution in [-0.4, -0.2) is 46.3 Å². The number of methoxy groups -OCH3 is 1. The molecule has 5 rings (SSSR count). The predicted molar refractivity (Wildman–Crippen MR) is 124 cm³/mol. The minimum atomic E-state index is -0.0483. The highest BCUT2D eigenvalue weighted by atomic mass is 32.2. The second kappa shape index (κ2) is 8.64. The Morgan fingerprint density at radius 3 is 2.68 bits per heavy atom. The fourth-order valence-electron chi connectivity index (χ4n) is 4.30. The van der Waals surface area contributed by atoms with Gasteiger partial charge in [-0.2, -0.15) is 0 Å². The summed E-state index contributed by atoms with van der Waals surface area (Å²) >= 11 is 2.90. The quantitative estimate of drug-likeness (QED) is 0.630. The van der Waals surface area contributed by atoms with Gasteiger partial charge < -0.3 is 10.1 Å². The van der Waals surface area contributed by atoms with E-state index in [4.69, 9.17) is 4.74 Å². The molecule has 1 N–H and O–H groups in total. The molecule has 0 bridgehead atoms.